The lowest BCUT2D eigenvalue weighted by atomic mass is 10.3. The van der Waals surface area contributed by atoms with Crippen molar-refractivity contribution in [3.63, 3.8) is 0 Å². The Morgan fingerprint density at radius 1 is 1.23 bits per heavy atom. The van der Waals surface area contributed by atoms with Crippen molar-refractivity contribution in [2.75, 3.05) is 0 Å². The number of aryl methyl sites for hydroxylation is 2. The zero-order valence-electron chi connectivity index (χ0n) is 7.89. The second kappa shape index (κ2) is 2.69. The Balaban J connectivity index is 2.52. The molecule has 2 rings (SSSR count). The van der Waals surface area contributed by atoms with Crippen molar-refractivity contribution < 1.29 is 0 Å². The van der Waals surface area contributed by atoms with Gasteiger partial charge in [0, 0.05) is 20.3 Å². The van der Waals surface area contributed by atoms with E-state index in [1.165, 1.54) is 0 Å². The smallest absolute Gasteiger partial charge is 0.166 e. The SMILES string of the molecule is Cc1nnc(-c2cnn(C)c2)n1C. The third kappa shape index (κ3) is 1.22. The number of nitrogens with zero attached hydrogens (tertiary/aromatic N) is 5. The van der Waals surface area contributed by atoms with Crippen molar-refractivity contribution in [1.82, 2.24) is 24.5 Å². The summed E-state index contributed by atoms with van der Waals surface area (Å²) in [5.41, 5.74) is 0.991. The highest BCUT2D eigenvalue weighted by atomic mass is 15.3. The quantitative estimate of drug-likeness (QED) is 0.638. The predicted molar refractivity (Wildman–Crippen MR) is 47.9 cm³/mol. The first-order chi connectivity index (χ1) is 6.18. The van der Waals surface area contributed by atoms with Crippen LogP contribution in [0.25, 0.3) is 11.4 Å². The molecule has 0 fully saturated rings. The lowest BCUT2D eigenvalue weighted by molar-refractivity contribution is 0.767. The number of hydrogen-bond acceptors (Lipinski definition) is 3. The standard InChI is InChI=1S/C8H11N5/c1-6-10-11-8(13(6)3)7-4-9-12(2)5-7/h4-5H,1-3H3. The predicted octanol–water partition coefficient (Wildman–Crippen LogP) is 0.524. The van der Waals surface area contributed by atoms with Gasteiger partial charge in [0.05, 0.1) is 11.8 Å². The van der Waals surface area contributed by atoms with Gasteiger partial charge in [0.25, 0.3) is 0 Å². The van der Waals surface area contributed by atoms with Gasteiger partial charge in [-0.3, -0.25) is 4.68 Å². The van der Waals surface area contributed by atoms with E-state index in [1.54, 1.807) is 10.9 Å². The van der Waals surface area contributed by atoms with Gasteiger partial charge in [0.1, 0.15) is 5.82 Å². The van der Waals surface area contributed by atoms with Gasteiger partial charge >= 0.3 is 0 Å². The first-order valence-corrected chi connectivity index (χ1v) is 4.03. The highest BCUT2D eigenvalue weighted by Gasteiger charge is 2.08. The number of aromatic nitrogens is 5. The fraction of sp³-hybridized carbons (Fsp3) is 0.375. The Bertz CT molecular complexity index is 425. The van der Waals surface area contributed by atoms with Crippen LogP contribution in [0.4, 0.5) is 0 Å². The molecule has 2 heterocycles. The van der Waals surface area contributed by atoms with Gasteiger partial charge in [-0.25, -0.2) is 0 Å². The first-order valence-electron chi connectivity index (χ1n) is 4.03. The minimum atomic E-state index is 0.852. The van der Waals surface area contributed by atoms with E-state index >= 15 is 0 Å². The third-order valence-corrected chi connectivity index (χ3v) is 2.06. The molecule has 0 bridgehead atoms. The van der Waals surface area contributed by atoms with Crippen LogP contribution in [0.2, 0.25) is 0 Å². The first kappa shape index (κ1) is 7.97. The highest BCUT2D eigenvalue weighted by Crippen LogP contribution is 2.14. The lowest BCUT2D eigenvalue weighted by Crippen LogP contribution is -1.93. The molecule has 0 aliphatic rings. The average molecular weight is 177 g/mol. The molecule has 0 unspecified atom stereocenters. The van der Waals surface area contributed by atoms with Gasteiger partial charge < -0.3 is 4.57 Å². The third-order valence-electron chi connectivity index (χ3n) is 2.06. The van der Waals surface area contributed by atoms with E-state index in [-0.39, 0.29) is 0 Å². The summed E-state index contributed by atoms with van der Waals surface area (Å²) in [6.45, 7) is 1.92. The molecule has 0 amide bonds. The molecule has 0 radical (unpaired) electrons. The van der Waals surface area contributed by atoms with Crippen LogP contribution in [0.1, 0.15) is 5.82 Å². The second-order valence-electron chi connectivity index (χ2n) is 3.03. The zero-order chi connectivity index (χ0) is 9.42. The molecule has 0 N–H and O–H groups in total. The summed E-state index contributed by atoms with van der Waals surface area (Å²) in [7, 11) is 3.82. The van der Waals surface area contributed by atoms with E-state index in [0.717, 1.165) is 17.2 Å². The molecule has 0 aliphatic carbocycles. The maximum absolute atomic E-state index is 4.08. The van der Waals surface area contributed by atoms with Crippen LogP contribution in [-0.4, -0.2) is 24.5 Å². The summed E-state index contributed by atoms with van der Waals surface area (Å²) in [6, 6.07) is 0. The van der Waals surface area contributed by atoms with Crippen molar-refractivity contribution >= 4 is 0 Å². The minimum absolute atomic E-state index is 0.852. The van der Waals surface area contributed by atoms with Crippen LogP contribution in [0.5, 0.6) is 0 Å². The molecule has 5 heteroatoms. The molecule has 0 saturated heterocycles. The molecular weight excluding hydrogens is 166 g/mol. The maximum Gasteiger partial charge on any atom is 0.166 e. The van der Waals surface area contributed by atoms with Crippen molar-refractivity contribution in [1.29, 1.82) is 0 Å². The van der Waals surface area contributed by atoms with Crippen LogP contribution in [0, 0.1) is 6.92 Å². The lowest BCUT2D eigenvalue weighted by Gasteiger charge is -1.96. The van der Waals surface area contributed by atoms with E-state index < -0.39 is 0 Å². The fourth-order valence-electron chi connectivity index (χ4n) is 1.20. The molecule has 0 saturated carbocycles. The van der Waals surface area contributed by atoms with E-state index in [0.29, 0.717) is 0 Å². The normalized spacial score (nSPS) is 10.7. The van der Waals surface area contributed by atoms with E-state index in [1.807, 2.05) is 31.8 Å². The Morgan fingerprint density at radius 3 is 2.46 bits per heavy atom. The largest absolute Gasteiger partial charge is 0.314 e. The Kier molecular flexibility index (Phi) is 1.65. The molecule has 0 atom stereocenters. The zero-order valence-corrected chi connectivity index (χ0v) is 7.89. The summed E-state index contributed by atoms with van der Waals surface area (Å²) in [5, 5.41) is 12.1. The molecular formula is C8H11N5. The molecule has 0 spiro atoms. The highest BCUT2D eigenvalue weighted by molar-refractivity contribution is 5.52. The molecule has 68 valence electrons. The molecule has 0 aromatic carbocycles. The average Bonchev–Trinajstić information content (AvgIpc) is 2.62. The summed E-state index contributed by atoms with van der Waals surface area (Å²) < 4.78 is 3.69. The number of hydrogen-bond donors (Lipinski definition) is 0. The fourth-order valence-corrected chi connectivity index (χ4v) is 1.20. The van der Waals surface area contributed by atoms with Crippen LogP contribution in [0.3, 0.4) is 0 Å². The topological polar surface area (TPSA) is 48.5 Å². The van der Waals surface area contributed by atoms with E-state index in [4.69, 9.17) is 0 Å². The molecule has 13 heavy (non-hydrogen) atoms. The Hall–Kier alpha value is -1.65. The monoisotopic (exact) mass is 177 g/mol. The molecule has 0 aliphatic heterocycles. The second-order valence-corrected chi connectivity index (χ2v) is 3.03. The van der Waals surface area contributed by atoms with E-state index in [9.17, 15) is 0 Å². The maximum atomic E-state index is 4.08. The van der Waals surface area contributed by atoms with Crippen molar-refractivity contribution in [3.05, 3.63) is 18.2 Å². The van der Waals surface area contributed by atoms with Gasteiger partial charge in [-0.05, 0) is 6.92 Å². The summed E-state index contributed by atoms with van der Waals surface area (Å²) in [5.74, 6) is 1.75. The molecule has 2 aromatic rings. The van der Waals surface area contributed by atoms with Crippen molar-refractivity contribution in [2.24, 2.45) is 14.1 Å². The molecule has 2 aromatic heterocycles. The molecule has 5 nitrogen and oxygen atoms in total. The summed E-state index contributed by atoms with van der Waals surface area (Å²) >= 11 is 0. The van der Waals surface area contributed by atoms with Gasteiger partial charge in [0.2, 0.25) is 0 Å². The number of rotatable bonds is 1. The van der Waals surface area contributed by atoms with Crippen molar-refractivity contribution in [3.8, 4) is 11.4 Å². The summed E-state index contributed by atoms with van der Waals surface area (Å²) in [6.07, 6.45) is 3.70. The van der Waals surface area contributed by atoms with Crippen LogP contribution in [-0.2, 0) is 14.1 Å². The van der Waals surface area contributed by atoms with Crippen LogP contribution in [0.15, 0.2) is 12.4 Å². The van der Waals surface area contributed by atoms with Gasteiger partial charge in [-0.15, -0.1) is 10.2 Å². The van der Waals surface area contributed by atoms with Crippen LogP contribution >= 0.6 is 0 Å². The summed E-state index contributed by atoms with van der Waals surface area (Å²) in [4.78, 5) is 0. The Morgan fingerprint density at radius 2 is 2.00 bits per heavy atom. The van der Waals surface area contributed by atoms with Gasteiger partial charge in [-0.2, -0.15) is 5.10 Å². The van der Waals surface area contributed by atoms with Gasteiger partial charge in [0.15, 0.2) is 5.82 Å². The van der Waals surface area contributed by atoms with Crippen LogP contribution < -0.4 is 0 Å². The van der Waals surface area contributed by atoms with E-state index in [2.05, 4.69) is 15.3 Å². The Labute approximate surface area is 76.0 Å². The van der Waals surface area contributed by atoms with Crippen molar-refractivity contribution in [2.45, 2.75) is 6.92 Å². The minimum Gasteiger partial charge on any atom is -0.314 e. The van der Waals surface area contributed by atoms with Gasteiger partial charge in [-0.1, -0.05) is 0 Å².